The van der Waals surface area contributed by atoms with Crippen molar-refractivity contribution in [2.24, 2.45) is 0 Å². The van der Waals surface area contributed by atoms with Crippen LogP contribution in [-0.2, 0) is 4.79 Å². The monoisotopic (exact) mass is 520 g/mol. The summed E-state index contributed by atoms with van der Waals surface area (Å²) in [5.41, 5.74) is 6.64. The van der Waals surface area contributed by atoms with E-state index < -0.39 is 5.82 Å². The summed E-state index contributed by atoms with van der Waals surface area (Å²) in [7, 11) is 0. The predicted octanol–water partition coefficient (Wildman–Crippen LogP) is 6.81. The van der Waals surface area contributed by atoms with Crippen LogP contribution in [0.4, 0.5) is 10.1 Å². The largest absolute Gasteiger partial charge is 0.508 e. The highest BCUT2D eigenvalue weighted by molar-refractivity contribution is 6.01. The predicted molar refractivity (Wildman–Crippen MR) is 150 cm³/mol. The molecule has 0 unspecified atom stereocenters. The Balaban J connectivity index is 1.38. The number of phenols is 1. The molecule has 8 nitrogen and oxygen atoms in total. The molecule has 194 valence electrons. The Bertz CT molecular complexity index is 1820. The smallest absolute Gasteiger partial charge is 0.224 e. The van der Waals surface area contributed by atoms with E-state index in [1.54, 1.807) is 24.7 Å². The quantitative estimate of drug-likeness (QED) is 0.184. The molecule has 4 N–H and O–H groups in total. The van der Waals surface area contributed by atoms with Crippen molar-refractivity contribution < 1.29 is 14.3 Å². The van der Waals surface area contributed by atoms with Crippen molar-refractivity contribution in [2.75, 3.05) is 5.32 Å². The number of nitrogens with one attached hydrogen (secondary N) is 3. The number of fused-ring (bicyclic) bond motifs is 2. The van der Waals surface area contributed by atoms with Gasteiger partial charge < -0.3 is 15.4 Å². The van der Waals surface area contributed by atoms with Crippen molar-refractivity contribution >= 4 is 33.5 Å². The SMILES string of the molecule is CCCCC(=O)Nc1cncc(-c2ccc3[nH]nc(-c4cc5c(-c6cc(O)cc(F)c6)ccnc5[nH]4)c3c2)c1. The van der Waals surface area contributed by atoms with Gasteiger partial charge in [-0.25, -0.2) is 9.37 Å². The molecule has 4 heterocycles. The van der Waals surface area contributed by atoms with Gasteiger partial charge in [-0.1, -0.05) is 19.4 Å². The van der Waals surface area contributed by atoms with E-state index in [2.05, 4.69) is 37.4 Å². The number of hydrogen-bond acceptors (Lipinski definition) is 5. The lowest BCUT2D eigenvalue weighted by Gasteiger charge is -2.07. The number of benzene rings is 2. The molecule has 0 fully saturated rings. The van der Waals surface area contributed by atoms with E-state index in [1.165, 1.54) is 12.1 Å². The molecule has 0 atom stereocenters. The fraction of sp³-hybridized carbons (Fsp3) is 0.133. The number of halogens is 1. The third kappa shape index (κ3) is 4.82. The second kappa shape index (κ2) is 10.0. The highest BCUT2D eigenvalue weighted by Crippen LogP contribution is 2.35. The molecular formula is C30H25FN6O2. The normalized spacial score (nSPS) is 11.3. The van der Waals surface area contributed by atoms with E-state index in [9.17, 15) is 14.3 Å². The molecule has 1 amide bonds. The summed E-state index contributed by atoms with van der Waals surface area (Å²) in [4.78, 5) is 24.3. The third-order valence-corrected chi connectivity index (χ3v) is 6.66. The summed E-state index contributed by atoms with van der Waals surface area (Å²) < 4.78 is 14.0. The Labute approximate surface area is 223 Å². The first-order chi connectivity index (χ1) is 19.0. The summed E-state index contributed by atoms with van der Waals surface area (Å²) in [6.45, 7) is 2.05. The maximum Gasteiger partial charge on any atom is 0.224 e. The molecule has 39 heavy (non-hydrogen) atoms. The van der Waals surface area contributed by atoms with Gasteiger partial charge in [0.2, 0.25) is 5.91 Å². The molecule has 9 heteroatoms. The van der Waals surface area contributed by atoms with E-state index in [1.807, 2.05) is 30.3 Å². The molecule has 2 aromatic carbocycles. The Kier molecular flexibility index (Phi) is 6.24. The average molecular weight is 521 g/mol. The molecule has 0 aliphatic rings. The van der Waals surface area contributed by atoms with Gasteiger partial charge in [-0.2, -0.15) is 5.10 Å². The topological polar surface area (TPSA) is 120 Å². The van der Waals surface area contributed by atoms with E-state index in [0.717, 1.165) is 57.6 Å². The van der Waals surface area contributed by atoms with Gasteiger partial charge in [0.1, 0.15) is 22.9 Å². The van der Waals surface area contributed by atoms with E-state index in [-0.39, 0.29) is 11.7 Å². The van der Waals surface area contributed by atoms with E-state index in [4.69, 9.17) is 0 Å². The highest BCUT2D eigenvalue weighted by Gasteiger charge is 2.16. The number of carbonyl (C=O) groups excluding carboxylic acids is 1. The lowest BCUT2D eigenvalue weighted by atomic mass is 10.0. The maximum atomic E-state index is 14.0. The summed E-state index contributed by atoms with van der Waals surface area (Å²) in [5, 5.41) is 22.1. The number of hydrogen-bond donors (Lipinski definition) is 4. The number of anilines is 1. The minimum atomic E-state index is -0.518. The highest BCUT2D eigenvalue weighted by atomic mass is 19.1. The molecule has 0 saturated carbocycles. The first-order valence-electron chi connectivity index (χ1n) is 12.7. The van der Waals surface area contributed by atoms with Crippen LogP contribution in [0.5, 0.6) is 5.75 Å². The molecule has 4 aromatic heterocycles. The van der Waals surface area contributed by atoms with Gasteiger partial charge in [0.15, 0.2) is 0 Å². The summed E-state index contributed by atoms with van der Waals surface area (Å²) in [6, 6.07) is 15.6. The lowest BCUT2D eigenvalue weighted by molar-refractivity contribution is -0.116. The number of aromatic nitrogens is 5. The van der Waals surface area contributed by atoms with Crippen molar-refractivity contribution in [3.05, 3.63) is 79.0 Å². The zero-order valence-corrected chi connectivity index (χ0v) is 21.1. The van der Waals surface area contributed by atoms with Gasteiger partial charge in [0.05, 0.1) is 23.1 Å². The van der Waals surface area contributed by atoms with Crippen molar-refractivity contribution in [2.45, 2.75) is 26.2 Å². The number of rotatable bonds is 7. The second-order valence-corrected chi connectivity index (χ2v) is 9.45. The van der Waals surface area contributed by atoms with E-state index >= 15 is 0 Å². The summed E-state index contributed by atoms with van der Waals surface area (Å²) in [5.74, 6) is -0.685. The molecule has 0 aliphatic heterocycles. The molecule has 0 bridgehead atoms. The zero-order chi connectivity index (χ0) is 26.9. The van der Waals surface area contributed by atoms with Gasteiger partial charge in [0, 0.05) is 41.2 Å². The van der Waals surface area contributed by atoms with Crippen LogP contribution in [0.25, 0.3) is 55.6 Å². The van der Waals surface area contributed by atoms with Crippen LogP contribution in [0.1, 0.15) is 26.2 Å². The molecule has 0 aliphatic carbocycles. The van der Waals surface area contributed by atoms with Gasteiger partial charge in [-0.15, -0.1) is 0 Å². The molecule has 6 rings (SSSR count). The molecular weight excluding hydrogens is 495 g/mol. The van der Waals surface area contributed by atoms with Crippen LogP contribution in [0.3, 0.4) is 0 Å². The Morgan fingerprint density at radius 1 is 1.00 bits per heavy atom. The number of H-pyrrole nitrogens is 2. The minimum Gasteiger partial charge on any atom is -0.508 e. The zero-order valence-electron chi connectivity index (χ0n) is 21.1. The van der Waals surface area contributed by atoms with Crippen LogP contribution in [0, 0.1) is 5.82 Å². The number of aromatic amines is 2. The summed E-state index contributed by atoms with van der Waals surface area (Å²) >= 11 is 0. The molecule has 6 aromatic rings. The second-order valence-electron chi connectivity index (χ2n) is 9.45. The Morgan fingerprint density at radius 3 is 2.74 bits per heavy atom. The fourth-order valence-electron chi connectivity index (χ4n) is 4.76. The number of aromatic hydroxyl groups is 1. The van der Waals surface area contributed by atoms with Crippen LogP contribution in [0.2, 0.25) is 0 Å². The number of unbranched alkanes of at least 4 members (excludes halogenated alkanes) is 1. The van der Waals surface area contributed by atoms with Crippen LogP contribution in [0.15, 0.2) is 73.2 Å². The number of amides is 1. The van der Waals surface area contributed by atoms with Crippen LogP contribution >= 0.6 is 0 Å². The third-order valence-electron chi connectivity index (χ3n) is 6.66. The fourth-order valence-corrected chi connectivity index (χ4v) is 4.76. The number of pyridine rings is 2. The van der Waals surface area contributed by atoms with Crippen molar-refractivity contribution in [3.63, 3.8) is 0 Å². The standard InChI is InChI=1S/C30H25FN6O2/c1-2-3-4-28(39)34-21-10-19(15-32-16-21)17-5-6-26-25(12-17)29(37-36-26)27-14-24-23(7-8-33-30(24)35-27)18-9-20(31)13-22(38)11-18/h5-16,38H,2-4H2,1H3,(H,33,35)(H,34,39)(H,36,37). The van der Waals surface area contributed by atoms with Gasteiger partial charge in [-0.05, 0) is 65.6 Å². The van der Waals surface area contributed by atoms with Gasteiger partial charge in [0.25, 0.3) is 0 Å². The van der Waals surface area contributed by atoms with Crippen LogP contribution < -0.4 is 5.32 Å². The summed E-state index contributed by atoms with van der Waals surface area (Å²) in [6.07, 6.45) is 7.32. The number of carbonyl (C=O) groups is 1. The first-order valence-corrected chi connectivity index (χ1v) is 12.7. The van der Waals surface area contributed by atoms with Crippen molar-refractivity contribution in [1.29, 1.82) is 0 Å². The molecule has 0 spiro atoms. The first kappa shape index (κ1) is 24.3. The van der Waals surface area contributed by atoms with E-state index in [0.29, 0.717) is 29.0 Å². The Morgan fingerprint density at radius 2 is 1.90 bits per heavy atom. The lowest BCUT2D eigenvalue weighted by Crippen LogP contribution is -2.11. The van der Waals surface area contributed by atoms with Crippen molar-refractivity contribution in [3.8, 4) is 39.4 Å². The van der Waals surface area contributed by atoms with Crippen molar-refractivity contribution in [1.82, 2.24) is 25.1 Å². The molecule has 0 radical (unpaired) electrons. The average Bonchev–Trinajstić information content (AvgIpc) is 3.55. The van der Waals surface area contributed by atoms with Crippen LogP contribution in [-0.4, -0.2) is 36.2 Å². The number of phenolic OH excluding ortho intramolecular Hbond substituents is 1. The molecule has 0 saturated heterocycles. The van der Waals surface area contributed by atoms with Gasteiger partial charge in [-0.3, -0.25) is 14.9 Å². The van der Waals surface area contributed by atoms with Gasteiger partial charge >= 0.3 is 0 Å². The minimum absolute atomic E-state index is 0.0244. The number of nitrogens with zero attached hydrogens (tertiary/aromatic N) is 3. The maximum absolute atomic E-state index is 14.0. The Hall–Kier alpha value is -5.05.